The van der Waals surface area contributed by atoms with Gasteiger partial charge in [-0.15, -0.1) is 0 Å². The molecule has 2 aromatic rings. The fraction of sp³-hybridized carbons (Fsp3) is 0.0714. The topological polar surface area (TPSA) is 86.5 Å². The Morgan fingerprint density at radius 3 is 2.32 bits per heavy atom. The number of carbonyl (C=O) groups excluding carboxylic acids is 1. The van der Waals surface area contributed by atoms with Gasteiger partial charge in [0.25, 0.3) is 0 Å². The van der Waals surface area contributed by atoms with Gasteiger partial charge in [0.2, 0.25) is 10.0 Å². The number of sulfonamides is 1. The second-order valence-corrected chi connectivity index (χ2v) is 7.72. The van der Waals surface area contributed by atoms with Crippen LogP contribution >= 0.6 is 31.9 Å². The Kier molecular flexibility index (Phi) is 5.38. The first kappa shape index (κ1) is 17.1. The summed E-state index contributed by atoms with van der Waals surface area (Å²) >= 11 is 6.51. The van der Waals surface area contributed by atoms with Crippen LogP contribution in [0.25, 0.3) is 0 Å². The summed E-state index contributed by atoms with van der Waals surface area (Å²) in [6.45, 7) is 0.0815. The van der Waals surface area contributed by atoms with E-state index in [1.54, 1.807) is 0 Å². The maximum atomic E-state index is 12.1. The minimum absolute atomic E-state index is 0.0815. The van der Waals surface area contributed by atoms with Crippen LogP contribution in [0.15, 0.2) is 56.3 Å². The number of carbonyl (C=O) groups is 1. The molecule has 0 aliphatic carbocycles. The third-order valence-corrected chi connectivity index (χ3v) is 4.90. The lowest BCUT2D eigenvalue weighted by molar-refractivity contribution is 0.0471. The number of primary sulfonamides is 1. The van der Waals surface area contributed by atoms with Gasteiger partial charge in [0.1, 0.15) is 6.61 Å². The number of ether oxygens (including phenoxy) is 1. The van der Waals surface area contributed by atoms with Crippen molar-refractivity contribution in [2.45, 2.75) is 11.5 Å². The molecular weight excluding hydrogens is 438 g/mol. The third-order valence-electron chi connectivity index (χ3n) is 2.77. The van der Waals surface area contributed by atoms with Crippen LogP contribution in [0.5, 0.6) is 0 Å². The summed E-state index contributed by atoms with van der Waals surface area (Å²) in [7, 11) is -3.88. The van der Waals surface area contributed by atoms with E-state index in [1.165, 1.54) is 18.2 Å². The van der Waals surface area contributed by atoms with Gasteiger partial charge in [-0.05, 0) is 51.8 Å². The lowest BCUT2D eigenvalue weighted by atomic mass is 10.2. The van der Waals surface area contributed by atoms with E-state index in [0.717, 1.165) is 10.0 Å². The monoisotopic (exact) mass is 447 g/mol. The molecule has 2 aromatic carbocycles. The predicted octanol–water partition coefficient (Wildman–Crippen LogP) is 3.22. The maximum absolute atomic E-state index is 12.1. The number of benzene rings is 2. The van der Waals surface area contributed by atoms with Gasteiger partial charge in [-0.1, -0.05) is 28.1 Å². The molecule has 0 saturated heterocycles. The number of nitrogens with two attached hydrogens (primary N) is 1. The molecule has 0 unspecified atom stereocenters. The Morgan fingerprint density at radius 1 is 1.09 bits per heavy atom. The predicted molar refractivity (Wildman–Crippen MR) is 88.8 cm³/mol. The van der Waals surface area contributed by atoms with Crippen LogP contribution < -0.4 is 5.14 Å². The molecule has 0 aliphatic rings. The highest BCUT2D eigenvalue weighted by Crippen LogP contribution is 2.22. The second kappa shape index (κ2) is 6.91. The highest BCUT2D eigenvalue weighted by molar-refractivity contribution is 9.10. The van der Waals surface area contributed by atoms with Crippen molar-refractivity contribution in [2.75, 3.05) is 0 Å². The number of rotatable bonds is 4. The van der Waals surface area contributed by atoms with Gasteiger partial charge in [0.05, 0.1) is 10.5 Å². The van der Waals surface area contributed by atoms with Crippen LogP contribution in [0.1, 0.15) is 15.9 Å². The Hall–Kier alpha value is -1.22. The Labute approximate surface area is 144 Å². The zero-order valence-electron chi connectivity index (χ0n) is 11.1. The van der Waals surface area contributed by atoms with Crippen molar-refractivity contribution in [3.63, 3.8) is 0 Å². The van der Waals surface area contributed by atoms with E-state index in [2.05, 4.69) is 31.9 Å². The fourth-order valence-corrected chi connectivity index (χ4v) is 2.86. The minimum Gasteiger partial charge on any atom is -0.457 e. The standard InChI is InChI=1S/C14H11Br2NO4S/c15-10-3-1-9(2-4-10)8-21-14(18)12-7-11(22(17,19)20)5-6-13(12)16/h1-7H,8H2,(H2,17,19,20). The van der Waals surface area contributed by atoms with E-state index in [1.807, 2.05) is 24.3 Å². The van der Waals surface area contributed by atoms with E-state index in [4.69, 9.17) is 9.88 Å². The average Bonchev–Trinajstić information content (AvgIpc) is 2.45. The molecule has 2 N–H and O–H groups in total. The van der Waals surface area contributed by atoms with Crippen molar-refractivity contribution < 1.29 is 17.9 Å². The van der Waals surface area contributed by atoms with Crippen LogP contribution in [-0.2, 0) is 21.4 Å². The molecule has 0 aromatic heterocycles. The van der Waals surface area contributed by atoms with Crippen molar-refractivity contribution in [1.29, 1.82) is 0 Å². The molecule has 0 radical (unpaired) electrons. The van der Waals surface area contributed by atoms with Crippen LogP contribution in [0, 0.1) is 0 Å². The molecule has 5 nitrogen and oxygen atoms in total. The van der Waals surface area contributed by atoms with Crippen LogP contribution in [0.3, 0.4) is 0 Å². The quantitative estimate of drug-likeness (QED) is 0.727. The Morgan fingerprint density at radius 2 is 1.73 bits per heavy atom. The van der Waals surface area contributed by atoms with Gasteiger partial charge in [0.15, 0.2) is 0 Å². The molecule has 0 fully saturated rings. The SMILES string of the molecule is NS(=O)(=O)c1ccc(Br)c(C(=O)OCc2ccc(Br)cc2)c1. The highest BCUT2D eigenvalue weighted by Gasteiger charge is 2.16. The second-order valence-electron chi connectivity index (χ2n) is 4.39. The lowest BCUT2D eigenvalue weighted by Gasteiger charge is -2.08. The molecule has 0 aliphatic heterocycles. The van der Waals surface area contributed by atoms with Gasteiger partial charge in [0, 0.05) is 8.95 Å². The largest absolute Gasteiger partial charge is 0.457 e. The van der Waals surface area contributed by atoms with E-state index < -0.39 is 16.0 Å². The molecule has 2 rings (SSSR count). The Balaban J connectivity index is 2.17. The summed E-state index contributed by atoms with van der Waals surface area (Å²) < 4.78 is 29.2. The molecule has 0 amide bonds. The molecule has 0 bridgehead atoms. The summed E-state index contributed by atoms with van der Waals surface area (Å²) in [4.78, 5) is 11.9. The first-order chi connectivity index (χ1) is 10.3. The van der Waals surface area contributed by atoms with Gasteiger partial charge in [-0.3, -0.25) is 0 Å². The number of halogens is 2. The van der Waals surface area contributed by atoms with Gasteiger partial charge in [-0.25, -0.2) is 18.4 Å². The van der Waals surface area contributed by atoms with Gasteiger partial charge < -0.3 is 4.74 Å². The maximum Gasteiger partial charge on any atom is 0.339 e. The number of hydrogen-bond donors (Lipinski definition) is 1. The smallest absolute Gasteiger partial charge is 0.339 e. The normalized spacial score (nSPS) is 11.2. The summed E-state index contributed by atoms with van der Waals surface area (Å²) in [5.41, 5.74) is 0.916. The molecule has 0 spiro atoms. The zero-order chi connectivity index (χ0) is 16.3. The summed E-state index contributed by atoms with van der Waals surface area (Å²) in [6.07, 6.45) is 0. The zero-order valence-corrected chi connectivity index (χ0v) is 15.1. The van der Waals surface area contributed by atoms with Crippen molar-refractivity contribution in [2.24, 2.45) is 5.14 Å². The summed E-state index contributed by atoms with van der Waals surface area (Å²) in [5.74, 6) is -0.639. The molecule has 22 heavy (non-hydrogen) atoms. The van der Waals surface area contributed by atoms with Crippen LogP contribution in [0.4, 0.5) is 0 Å². The summed E-state index contributed by atoms with van der Waals surface area (Å²) in [5, 5.41) is 5.06. The lowest BCUT2D eigenvalue weighted by Crippen LogP contribution is -2.14. The summed E-state index contributed by atoms with van der Waals surface area (Å²) in [6, 6.07) is 11.2. The first-order valence-electron chi connectivity index (χ1n) is 6.01. The third kappa shape index (κ3) is 4.39. The average molecular weight is 449 g/mol. The number of esters is 1. The van der Waals surface area contributed by atoms with Gasteiger partial charge in [-0.2, -0.15) is 0 Å². The Bertz CT molecular complexity index is 804. The van der Waals surface area contributed by atoms with E-state index in [-0.39, 0.29) is 17.1 Å². The van der Waals surface area contributed by atoms with Crippen molar-refractivity contribution in [3.05, 3.63) is 62.5 Å². The van der Waals surface area contributed by atoms with Crippen LogP contribution in [0.2, 0.25) is 0 Å². The van der Waals surface area contributed by atoms with E-state index in [0.29, 0.717) is 4.47 Å². The van der Waals surface area contributed by atoms with E-state index in [9.17, 15) is 13.2 Å². The van der Waals surface area contributed by atoms with Crippen molar-refractivity contribution >= 4 is 47.9 Å². The minimum atomic E-state index is -3.88. The van der Waals surface area contributed by atoms with Gasteiger partial charge >= 0.3 is 5.97 Å². The molecule has 116 valence electrons. The number of hydrogen-bond acceptors (Lipinski definition) is 4. The van der Waals surface area contributed by atoms with Crippen LogP contribution in [-0.4, -0.2) is 14.4 Å². The highest BCUT2D eigenvalue weighted by atomic mass is 79.9. The van der Waals surface area contributed by atoms with Crippen molar-refractivity contribution in [3.8, 4) is 0 Å². The molecule has 0 heterocycles. The molecule has 8 heteroatoms. The van der Waals surface area contributed by atoms with Crippen molar-refractivity contribution in [1.82, 2.24) is 0 Å². The molecular formula is C14H11Br2NO4S. The molecule has 0 saturated carbocycles. The molecule has 0 atom stereocenters. The van der Waals surface area contributed by atoms with E-state index >= 15 is 0 Å². The first-order valence-corrected chi connectivity index (χ1v) is 9.14. The fourth-order valence-electron chi connectivity index (χ4n) is 1.65.